The summed E-state index contributed by atoms with van der Waals surface area (Å²) in [5, 5.41) is 0. The minimum Gasteiger partial charge on any atom is -0.457 e. The fraction of sp³-hybridized carbons (Fsp3) is 0. The quantitative estimate of drug-likeness (QED) is 0.0532. The Morgan fingerprint density at radius 2 is 0.358 bits per heavy atom. The van der Waals surface area contributed by atoms with E-state index in [0.717, 1.165) is 19.3 Å². The van der Waals surface area contributed by atoms with Crippen molar-refractivity contribution in [3.63, 3.8) is 0 Å². The van der Waals surface area contributed by atoms with E-state index in [1.165, 1.54) is 0 Å². The van der Waals surface area contributed by atoms with Crippen molar-refractivity contribution in [1.82, 2.24) is 0 Å². The van der Waals surface area contributed by atoms with Crippen LogP contribution in [0.25, 0.3) is 0 Å². The molecule has 8 heteroatoms. The second-order valence-electron chi connectivity index (χ2n) is 10.8. The first-order valence-corrected chi connectivity index (χ1v) is 15.9. The molecular weight excluding hydrogens is 797 g/mol. The van der Waals surface area contributed by atoms with E-state index in [1.54, 1.807) is 146 Å². The van der Waals surface area contributed by atoms with E-state index in [4.69, 9.17) is 0 Å². The third-order valence-corrected chi connectivity index (χ3v) is 7.14. The maximum absolute atomic E-state index is 11.8. The molecule has 261 valence electrons. The van der Waals surface area contributed by atoms with Gasteiger partial charge in [-0.1, -0.05) is 162 Å². The molecule has 0 aliphatic heterocycles. The largest absolute Gasteiger partial charge is 3.00 e. The van der Waals surface area contributed by atoms with E-state index < -0.39 is 0 Å². The third-order valence-electron chi connectivity index (χ3n) is 7.14. The Balaban J connectivity index is 0.000000270. The Hall–Kier alpha value is -5.74. The zero-order valence-electron chi connectivity index (χ0n) is 28.6. The van der Waals surface area contributed by atoms with Crippen LogP contribution < -0.4 is 0 Å². The first-order chi connectivity index (χ1) is 24.8. The molecule has 53 heavy (non-hydrogen) atoms. The van der Waals surface area contributed by atoms with Crippen molar-refractivity contribution >= 4 is 34.7 Å². The molecule has 0 fully saturated rings. The van der Waals surface area contributed by atoms with Crippen molar-refractivity contribution in [1.29, 1.82) is 0 Å². The van der Waals surface area contributed by atoms with Gasteiger partial charge in [0.2, 0.25) is 0 Å². The minimum atomic E-state index is -0.264. The summed E-state index contributed by atoms with van der Waals surface area (Å²) in [7, 11) is 0. The normalized spacial score (nSPS) is 9.28. The Morgan fingerprint density at radius 3 is 0.472 bits per heavy atom. The summed E-state index contributed by atoms with van der Waals surface area (Å²) in [6.45, 7) is 0. The van der Waals surface area contributed by atoms with Crippen LogP contribution in [0.3, 0.4) is 0 Å². The molecule has 0 aromatic heterocycles. The summed E-state index contributed by atoms with van der Waals surface area (Å²) in [4.78, 5) is 70.5. The van der Waals surface area contributed by atoms with Crippen LogP contribution in [-0.2, 0) is 5.48 Å². The fourth-order valence-corrected chi connectivity index (χ4v) is 4.47. The average molecular weight is 833 g/mol. The summed E-state index contributed by atoms with van der Waals surface area (Å²) in [6, 6.07) is 52.5. The molecule has 3 N–H and O–H groups in total. The van der Waals surface area contributed by atoms with Gasteiger partial charge in [-0.3, -0.25) is 0 Å². The topological polar surface area (TPSA) is 135 Å². The summed E-state index contributed by atoms with van der Waals surface area (Å²) in [6.07, 6.45) is 3.39. The second kappa shape index (κ2) is 23.7. The van der Waals surface area contributed by atoms with Crippen LogP contribution in [0.1, 0.15) is 62.1 Å². The molecular formula is C45H36NdO7+. The van der Waals surface area contributed by atoms with Gasteiger partial charge in [0, 0.05) is 0 Å². The van der Waals surface area contributed by atoms with Gasteiger partial charge in [0.05, 0.1) is 34.7 Å². The van der Waals surface area contributed by atoms with Crippen molar-refractivity contribution in [2.24, 2.45) is 0 Å². The monoisotopic (exact) mass is 830 g/mol. The number of Topliss-reactive ketones (excluding diaryl/α,β-unsaturated/α-hetero) is 6. The van der Waals surface area contributed by atoms with Crippen LogP contribution in [0.2, 0.25) is 0 Å². The number of carbonyl (C=O) groups excluding carboxylic acids is 6. The first-order valence-electron chi connectivity index (χ1n) is 15.9. The Labute approximate surface area is 341 Å². The van der Waals surface area contributed by atoms with Crippen LogP contribution in [0, 0.1) is 60.1 Å². The summed E-state index contributed by atoms with van der Waals surface area (Å²) in [5.41, 5.74) is 3.15. The number of hydrogen-bond donors (Lipinski definition) is 0. The van der Waals surface area contributed by atoms with Crippen molar-refractivity contribution in [3.05, 3.63) is 235 Å². The van der Waals surface area contributed by atoms with Crippen LogP contribution in [0.4, 0.5) is 0 Å². The van der Waals surface area contributed by atoms with E-state index in [-0.39, 0.29) is 81.0 Å². The van der Waals surface area contributed by atoms with Gasteiger partial charge in [0.15, 0.2) is 0 Å². The number of benzene rings is 6. The van der Waals surface area contributed by atoms with E-state index in [1.807, 2.05) is 36.4 Å². The van der Waals surface area contributed by atoms with E-state index in [2.05, 4.69) is 0 Å². The van der Waals surface area contributed by atoms with Gasteiger partial charge in [-0.05, 0) is 0 Å². The zero-order chi connectivity index (χ0) is 36.3. The first kappa shape index (κ1) is 43.4. The van der Waals surface area contributed by atoms with E-state index in [0.29, 0.717) is 33.4 Å². The average Bonchev–Trinajstić information content (AvgIpc) is 3.20. The second-order valence-corrected chi connectivity index (χ2v) is 10.8. The standard InChI is InChI=1S/3C15H11O2.Nd.H2O/c3*16-14(12-7-3-1-4-8-12)11-15(17)13-9-5-2-6-10-13;;/h3*1-11H;;1H2/q3*-1;+3;/p+1. The molecule has 0 spiro atoms. The van der Waals surface area contributed by atoms with Gasteiger partial charge < -0.3 is 34.2 Å². The molecule has 0 bridgehead atoms. The maximum Gasteiger partial charge on any atom is 3.00 e. The molecule has 1 radical (unpaired) electrons. The SMILES string of the molecule is O=C([CH-]C(=O)c1ccccc1)c1ccccc1.O=C([CH-]C(=O)c1ccccc1)c1ccccc1.O=C([CH-]C(=O)c1ccccc1)c1ccccc1.[Nd+3].[OH3+]. The number of carbonyl (C=O) groups is 6. The van der Waals surface area contributed by atoms with Crippen molar-refractivity contribution in [2.45, 2.75) is 0 Å². The van der Waals surface area contributed by atoms with Crippen LogP contribution >= 0.6 is 0 Å². The van der Waals surface area contributed by atoms with Crippen LogP contribution in [-0.4, -0.2) is 34.7 Å². The molecule has 0 saturated heterocycles. The Kier molecular flexibility index (Phi) is 19.4. The smallest absolute Gasteiger partial charge is 0.457 e. The molecule has 0 atom stereocenters. The molecule has 0 unspecified atom stereocenters. The fourth-order valence-electron chi connectivity index (χ4n) is 4.47. The molecule has 0 heterocycles. The summed E-state index contributed by atoms with van der Waals surface area (Å²) >= 11 is 0. The van der Waals surface area contributed by atoms with Gasteiger partial charge in [-0.25, -0.2) is 0 Å². The van der Waals surface area contributed by atoms with Crippen LogP contribution in [0.15, 0.2) is 182 Å². The number of hydrogen-bond acceptors (Lipinski definition) is 6. The molecule has 6 aromatic carbocycles. The van der Waals surface area contributed by atoms with Crippen molar-refractivity contribution in [3.8, 4) is 0 Å². The molecule has 0 aliphatic carbocycles. The Morgan fingerprint density at radius 1 is 0.245 bits per heavy atom. The van der Waals surface area contributed by atoms with Gasteiger partial charge in [-0.2, -0.15) is 0 Å². The molecule has 0 saturated carbocycles. The molecule has 6 aromatic rings. The van der Waals surface area contributed by atoms with Crippen LogP contribution in [0.5, 0.6) is 0 Å². The minimum absolute atomic E-state index is 0. The van der Waals surface area contributed by atoms with Crippen molar-refractivity contribution in [2.75, 3.05) is 0 Å². The van der Waals surface area contributed by atoms with Gasteiger partial charge in [-0.15, -0.1) is 72.8 Å². The van der Waals surface area contributed by atoms with Gasteiger partial charge >= 0.3 is 40.8 Å². The maximum atomic E-state index is 11.8. The third kappa shape index (κ3) is 14.8. The summed E-state index contributed by atoms with van der Waals surface area (Å²) < 4.78 is 0. The number of ketones is 6. The zero-order valence-corrected chi connectivity index (χ0v) is 31.8. The molecule has 7 nitrogen and oxygen atoms in total. The van der Waals surface area contributed by atoms with Gasteiger partial charge in [0.25, 0.3) is 0 Å². The van der Waals surface area contributed by atoms with Crippen molar-refractivity contribution < 1.29 is 75.1 Å². The molecule has 0 amide bonds. The van der Waals surface area contributed by atoms with E-state index >= 15 is 0 Å². The van der Waals surface area contributed by atoms with E-state index in [9.17, 15) is 28.8 Å². The molecule has 6 rings (SSSR count). The predicted molar refractivity (Wildman–Crippen MR) is 202 cm³/mol. The summed E-state index contributed by atoms with van der Waals surface area (Å²) in [5.74, 6) is -1.59. The molecule has 0 aliphatic rings. The number of rotatable bonds is 12. The Bertz CT molecular complexity index is 1650. The predicted octanol–water partition coefficient (Wildman–Crippen LogP) is 7.95. The van der Waals surface area contributed by atoms with Gasteiger partial charge in [0.1, 0.15) is 0 Å².